The summed E-state index contributed by atoms with van der Waals surface area (Å²) >= 11 is 11.8. The Kier molecular flexibility index (Phi) is 5.83. The van der Waals surface area contributed by atoms with Crippen LogP contribution in [0.25, 0.3) is 0 Å². The van der Waals surface area contributed by atoms with E-state index in [-0.39, 0.29) is 4.75 Å². The van der Waals surface area contributed by atoms with Crippen LogP contribution in [0.15, 0.2) is 22.6 Å². The third-order valence-corrected chi connectivity index (χ3v) is 4.37. The summed E-state index contributed by atoms with van der Waals surface area (Å²) in [5.74, 6) is 0. The molecule has 0 spiro atoms. The fraction of sp³-hybridized carbons (Fsp3) is 0.462. The number of halogens is 2. The highest BCUT2D eigenvalue weighted by atomic mass is 35.5. The van der Waals surface area contributed by atoms with Crippen LogP contribution in [0.5, 0.6) is 0 Å². The molecule has 0 aliphatic rings. The van der Waals surface area contributed by atoms with Crippen LogP contribution in [0.4, 0.5) is 0 Å². The molecule has 0 saturated heterocycles. The molecule has 0 radical (unpaired) electrons. The minimum Gasteiger partial charge on any atom is -0.234 e. The van der Waals surface area contributed by atoms with Gasteiger partial charge in [-0.15, -0.1) is 0 Å². The van der Waals surface area contributed by atoms with Gasteiger partial charge < -0.3 is 0 Å². The van der Waals surface area contributed by atoms with Crippen LogP contribution in [0.3, 0.4) is 0 Å². The number of benzene rings is 1. The van der Waals surface area contributed by atoms with Crippen LogP contribution >= 0.6 is 23.2 Å². The lowest BCUT2D eigenvalue weighted by atomic mass is 10.1. The molecule has 0 aromatic heterocycles. The Morgan fingerprint density at radius 1 is 1.28 bits per heavy atom. The van der Waals surface area contributed by atoms with Gasteiger partial charge in [0.2, 0.25) is 0 Å². The number of hydrogen-bond acceptors (Lipinski definition) is 1. The highest BCUT2D eigenvalue weighted by Crippen LogP contribution is 2.23. The van der Waals surface area contributed by atoms with Gasteiger partial charge in [0.1, 0.15) is 11.0 Å². The highest BCUT2D eigenvalue weighted by Gasteiger charge is 2.17. The zero-order valence-electron chi connectivity index (χ0n) is 10.7. The first-order valence-electron chi connectivity index (χ1n) is 5.69. The zero-order valence-corrected chi connectivity index (χ0v) is 13.1. The molecule has 1 atom stereocenters. The summed E-state index contributed by atoms with van der Waals surface area (Å²) in [6.45, 7) is 5.71. The van der Waals surface area contributed by atoms with E-state index >= 15 is 0 Å². The Bertz CT molecular complexity index is 467. The minimum atomic E-state index is -1.18. The molecule has 0 aliphatic heterocycles. The van der Waals surface area contributed by atoms with Gasteiger partial charge >= 0.3 is 0 Å². The normalized spacial score (nSPS) is 14.1. The van der Waals surface area contributed by atoms with Crippen molar-refractivity contribution in [1.82, 2.24) is 0 Å². The first-order chi connectivity index (χ1) is 8.30. The van der Waals surface area contributed by atoms with Gasteiger partial charge in [0.25, 0.3) is 0 Å². The Morgan fingerprint density at radius 2 is 1.94 bits per heavy atom. The predicted molar refractivity (Wildman–Crippen MR) is 81.2 cm³/mol. The Labute approximate surface area is 121 Å². The third kappa shape index (κ3) is 5.09. The van der Waals surface area contributed by atoms with E-state index in [1.165, 1.54) is 0 Å². The van der Waals surface area contributed by atoms with Crippen molar-refractivity contribution in [2.24, 2.45) is 4.40 Å². The molecular formula is C13H17Cl2NOS. The molecule has 0 N–H and O–H groups in total. The lowest BCUT2D eigenvalue weighted by molar-refractivity contribution is 0.650. The molecular weight excluding hydrogens is 289 g/mol. The molecule has 0 saturated carbocycles. The van der Waals surface area contributed by atoms with Crippen LogP contribution in [-0.4, -0.2) is 15.2 Å². The largest absolute Gasteiger partial charge is 0.234 e. The second-order valence-corrected chi connectivity index (χ2v) is 7.68. The molecule has 1 rings (SSSR count). The average Bonchev–Trinajstić information content (AvgIpc) is 2.27. The zero-order chi connectivity index (χ0) is 13.8. The molecule has 1 aromatic rings. The van der Waals surface area contributed by atoms with Gasteiger partial charge in [-0.1, -0.05) is 29.3 Å². The summed E-state index contributed by atoms with van der Waals surface area (Å²) in [5.41, 5.74) is 1.09. The fourth-order valence-corrected chi connectivity index (χ4v) is 2.08. The maximum absolute atomic E-state index is 11.6. The number of rotatable bonds is 4. The molecule has 5 heteroatoms. The second kappa shape index (κ2) is 6.69. The summed E-state index contributed by atoms with van der Waals surface area (Å²) in [4.78, 5) is 0. The van der Waals surface area contributed by atoms with Crippen molar-refractivity contribution in [2.45, 2.75) is 38.4 Å². The van der Waals surface area contributed by atoms with E-state index in [0.29, 0.717) is 10.0 Å². The van der Waals surface area contributed by atoms with E-state index in [1.807, 2.05) is 32.9 Å². The van der Waals surface area contributed by atoms with Crippen molar-refractivity contribution >= 4 is 40.4 Å². The van der Waals surface area contributed by atoms with Crippen molar-refractivity contribution < 1.29 is 4.21 Å². The van der Waals surface area contributed by atoms with Crippen LogP contribution in [0, 0.1) is 0 Å². The van der Waals surface area contributed by atoms with Gasteiger partial charge in [-0.2, -0.15) is 4.40 Å². The van der Waals surface area contributed by atoms with Crippen LogP contribution < -0.4 is 0 Å². The van der Waals surface area contributed by atoms with Crippen LogP contribution in [0.1, 0.15) is 32.8 Å². The predicted octanol–water partition coefficient (Wildman–Crippen LogP) is 4.46. The van der Waals surface area contributed by atoms with E-state index in [0.717, 1.165) is 18.4 Å². The van der Waals surface area contributed by atoms with E-state index in [1.54, 1.807) is 12.3 Å². The van der Waals surface area contributed by atoms with Crippen LogP contribution in [-0.2, 0) is 17.4 Å². The first-order valence-corrected chi connectivity index (χ1v) is 7.55. The van der Waals surface area contributed by atoms with Gasteiger partial charge in [-0.05, 0) is 51.3 Å². The minimum absolute atomic E-state index is 0.305. The molecule has 1 aromatic carbocycles. The number of nitrogens with zero attached hydrogens (tertiary/aromatic N) is 1. The van der Waals surface area contributed by atoms with Gasteiger partial charge in [0.05, 0.1) is 14.8 Å². The molecule has 0 unspecified atom stereocenters. The summed E-state index contributed by atoms with van der Waals surface area (Å²) in [6, 6.07) is 5.56. The summed E-state index contributed by atoms with van der Waals surface area (Å²) in [5, 5.41) is 1.12. The van der Waals surface area contributed by atoms with E-state index in [9.17, 15) is 4.21 Å². The second-order valence-electron chi connectivity index (χ2n) is 4.94. The van der Waals surface area contributed by atoms with Crippen LogP contribution in [0.2, 0.25) is 10.0 Å². The van der Waals surface area contributed by atoms with Crippen molar-refractivity contribution in [3.8, 4) is 0 Å². The molecule has 0 fully saturated rings. The smallest absolute Gasteiger partial charge is 0.144 e. The SMILES string of the molecule is CC(C)(C)[S@](=O)N=CCCc1ccc(Cl)c(Cl)c1. The molecule has 18 heavy (non-hydrogen) atoms. The molecule has 0 bridgehead atoms. The lowest BCUT2D eigenvalue weighted by Crippen LogP contribution is -2.19. The Morgan fingerprint density at radius 3 is 2.50 bits per heavy atom. The summed E-state index contributed by atoms with van der Waals surface area (Å²) in [6.07, 6.45) is 3.26. The molecule has 2 nitrogen and oxygen atoms in total. The van der Waals surface area contributed by atoms with Gasteiger partial charge in [-0.25, -0.2) is 4.21 Å². The van der Waals surface area contributed by atoms with E-state index < -0.39 is 11.0 Å². The van der Waals surface area contributed by atoms with Crippen molar-refractivity contribution in [2.75, 3.05) is 0 Å². The topological polar surface area (TPSA) is 29.4 Å². The van der Waals surface area contributed by atoms with Gasteiger partial charge in [0, 0.05) is 6.21 Å². The summed E-state index contributed by atoms with van der Waals surface area (Å²) in [7, 11) is -1.18. The Balaban J connectivity index is 2.49. The molecule has 100 valence electrons. The van der Waals surface area contributed by atoms with Crippen molar-refractivity contribution in [3.05, 3.63) is 33.8 Å². The lowest BCUT2D eigenvalue weighted by Gasteiger charge is -2.12. The van der Waals surface area contributed by atoms with E-state index in [2.05, 4.69) is 4.40 Å². The summed E-state index contributed by atoms with van der Waals surface area (Å²) < 4.78 is 15.4. The molecule has 0 aliphatic carbocycles. The monoisotopic (exact) mass is 305 g/mol. The maximum atomic E-state index is 11.6. The number of aryl methyl sites for hydroxylation is 1. The third-order valence-electron chi connectivity index (χ3n) is 2.24. The fourth-order valence-electron chi connectivity index (χ4n) is 1.20. The number of hydrogen-bond donors (Lipinski definition) is 0. The van der Waals surface area contributed by atoms with Gasteiger partial charge in [-0.3, -0.25) is 0 Å². The first kappa shape index (κ1) is 15.7. The average molecular weight is 306 g/mol. The standard InChI is InChI=1S/C13H17Cl2NOS/c1-13(2,3)18(17)16-8-4-5-10-6-7-11(14)12(15)9-10/h6-9H,4-5H2,1-3H3/t18-/m0/s1. The van der Waals surface area contributed by atoms with Gasteiger partial charge in [0.15, 0.2) is 0 Å². The highest BCUT2D eigenvalue weighted by molar-refractivity contribution is 7.85. The van der Waals surface area contributed by atoms with Crippen molar-refractivity contribution in [1.29, 1.82) is 0 Å². The molecule has 0 amide bonds. The van der Waals surface area contributed by atoms with E-state index in [4.69, 9.17) is 23.2 Å². The Hall–Kier alpha value is -0.380. The quantitative estimate of drug-likeness (QED) is 0.755. The van der Waals surface area contributed by atoms with Crippen molar-refractivity contribution in [3.63, 3.8) is 0 Å². The maximum Gasteiger partial charge on any atom is 0.144 e. The molecule has 0 heterocycles.